The first-order valence-corrected chi connectivity index (χ1v) is 13.3. The third kappa shape index (κ3) is 4.42. The highest BCUT2D eigenvalue weighted by molar-refractivity contribution is 6.91. The summed E-state index contributed by atoms with van der Waals surface area (Å²) in [4.78, 5) is 0. The first kappa shape index (κ1) is 21.7. The molecule has 2 aliphatic rings. The van der Waals surface area contributed by atoms with Gasteiger partial charge in [0.2, 0.25) is 0 Å². The Hall–Kier alpha value is -1.02. The second-order valence-corrected chi connectivity index (χ2v) is 13.4. The SMILES string of the molecule is C=CCOC1(CC)COC2(OCC(C(C)[Si](C)(C)c3ccccc3)CO2)OC1. The predicted molar refractivity (Wildman–Crippen MR) is 112 cm³/mol. The van der Waals surface area contributed by atoms with Crippen LogP contribution in [0, 0.1) is 5.92 Å². The summed E-state index contributed by atoms with van der Waals surface area (Å²) in [6.45, 7) is 15.3. The maximum Gasteiger partial charge on any atom is 0.412 e. The molecule has 156 valence electrons. The number of hydrogen-bond acceptors (Lipinski definition) is 5. The molecule has 0 saturated carbocycles. The van der Waals surface area contributed by atoms with Crippen molar-refractivity contribution >= 4 is 13.3 Å². The largest absolute Gasteiger partial charge is 0.412 e. The lowest BCUT2D eigenvalue weighted by Gasteiger charge is -2.48. The number of benzene rings is 1. The van der Waals surface area contributed by atoms with Crippen molar-refractivity contribution < 1.29 is 23.7 Å². The van der Waals surface area contributed by atoms with Crippen LogP contribution in [0.2, 0.25) is 18.6 Å². The molecule has 1 aromatic rings. The summed E-state index contributed by atoms with van der Waals surface area (Å²) in [6, 6.07) is 10.8. The van der Waals surface area contributed by atoms with Gasteiger partial charge in [0.15, 0.2) is 0 Å². The molecule has 0 amide bonds. The Balaban J connectivity index is 1.58. The van der Waals surface area contributed by atoms with Gasteiger partial charge in [-0.15, -0.1) is 6.58 Å². The minimum absolute atomic E-state index is 0.314. The highest BCUT2D eigenvalue weighted by atomic mass is 28.3. The highest BCUT2D eigenvalue weighted by Crippen LogP contribution is 2.38. The van der Waals surface area contributed by atoms with Crippen LogP contribution in [0.25, 0.3) is 0 Å². The zero-order valence-corrected chi connectivity index (χ0v) is 18.6. The van der Waals surface area contributed by atoms with E-state index in [1.54, 1.807) is 6.08 Å². The Morgan fingerprint density at radius 3 is 2.29 bits per heavy atom. The van der Waals surface area contributed by atoms with Crippen molar-refractivity contribution in [2.75, 3.05) is 33.0 Å². The summed E-state index contributed by atoms with van der Waals surface area (Å²) in [5, 5.41) is 1.46. The van der Waals surface area contributed by atoms with Gasteiger partial charge >= 0.3 is 6.16 Å². The maximum atomic E-state index is 5.99. The molecule has 0 bridgehead atoms. The average molecular weight is 407 g/mol. The molecule has 5 nitrogen and oxygen atoms in total. The normalized spacial score (nSPS) is 32.2. The van der Waals surface area contributed by atoms with Crippen LogP contribution in [-0.4, -0.2) is 52.9 Å². The van der Waals surface area contributed by atoms with Gasteiger partial charge in [0.1, 0.15) is 5.60 Å². The summed E-state index contributed by atoms with van der Waals surface area (Å²) in [5.74, 6) is 0.314. The molecule has 1 atom stereocenters. The van der Waals surface area contributed by atoms with Crippen molar-refractivity contribution in [3.8, 4) is 0 Å². The first-order valence-electron chi connectivity index (χ1n) is 10.2. The fourth-order valence-corrected chi connectivity index (χ4v) is 6.78. The van der Waals surface area contributed by atoms with E-state index < -0.39 is 19.8 Å². The van der Waals surface area contributed by atoms with Crippen LogP contribution in [0.15, 0.2) is 43.0 Å². The van der Waals surface area contributed by atoms with E-state index in [0.717, 1.165) is 6.42 Å². The molecule has 0 aliphatic carbocycles. The Morgan fingerprint density at radius 2 is 1.75 bits per heavy atom. The summed E-state index contributed by atoms with van der Waals surface area (Å²) in [6.07, 6.45) is 1.14. The Morgan fingerprint density at radius 1 is 1.14 bits per heavy atom. The molecular formula is C22H34O5Si. The van der Waals surface area contributed by atoms with Crippen molar-refractivity contribution in [3.63, 3.8) is 0 Å². The van der Waals surface area contributed by atoms with Gasteiger partial charge in [-0.05, 0) is 12.0 Å². The van der Waals surface area contributed by atoms with E-state index in [-0.39, 0.29) is 0 Å². The van der Waals surface area contributed by atoms with E-state index in [9.17, 15) is 0 Å². The Kier molecular flexibility index (Phi) is 6.79. The van der Waals surface area contributed by atoms with E-state index in [1.165, 1.54) is 5.19 Å². The smallest absolute Gasteiger partial charge is 0.366 e. The third-order valence-corrected chi connectivity index (χ3v) is 11.1. The monoisotopic (exact) mass is 406 g/mol. The first-order chi connectivity index (χ1) is 13.4. The summed E-state index contributed by atoms with van der Waals surface area (Å²) in [7, 11) is -1.65. The summed E-state index contributed by atoms with van der Waals surface area (Å²) >= 11 is 0. The van der Waals surface area contributed by atoms with Crippen molar-refractivity contribution in [2.24, 2.45) is 5.92 Å². The summed E-state index contributed by atoms with van der Waals surface area (Å²) in [5.41, 5.74) is 0.0277. The van der Waals surface area contributed by atoms with Crippen LogP contribution in [0.5, 0.6) is 0 Å². The van der Waals surface area contributed by atoms with E-state index in [1.807, 2.05) is 0 Å². The van der Waals surface area contributed by atoms with Gasteiger partial charge in [0.25, 0.3) is 0 Å². The highest BCUT2D eigenvalue weighted by Gasteiger charge is 2.51. The van der Waals surface area contributed by atoms with Crippen LogP contribution in [0.4, 0.5) is 0 Å². The van der Waals surface area contributed by atoms with Crippen LogP contribution in [0.1, 0.15) is 20.3 Å². The molecule has 2 saturated heterocycles. The number of hydrogen-bond donors (Lipinski definition) is 0. The zero-order valence-electron chi connectivity index (χ0n) is 17.6. The molecule has 0 aromatic heterocycles. The molecule has 2 fully saturated rings. The van der Waals surface area contributed by atoms with Crippen LogP contribution in [-0.2, 0) is 23.7 Å². The van der Waals surface area contributed by atoms with Crippen molar-refractivity contribution in [1.82, 2.24) is 0 Å². The molecule has 2 aliphatic heterocycles. The van der Waals surface area contributed by atoms with Gasteiger partial charge in [-0.3, -0.25) is 0 Å². The third-order valence-electron chi connectivity index (χ3n) is 6.49. The lowest BCUT2D eigenvalue weighted by Crippen LogP contribution is -2.60. The quantitative estimate of drug-likeness (QED) is 0.511. The molecule has 3 rings (SSSR count). The minimum Gasteiger partial charge on any atom is -0.366 e. The molecule has 0 N–H and O–H groups in total. The van der Waals surface area contributed by atoms with Crippen LogP contribution < -0.4 is 5.19 Å². The molecule has 0 radical (unpaired) electrons. The maximum absolute atomic E-state index is 5.99. The topological polar surface area (TPSA) is 46.2 Å². The van der Waals surface area contributed by atoms with E-state index in [0.29, 0.717) is 44.5 Å². The Labute approximate surface area is 170 Å². The van der Waals surface area contributed by atoms with Crippen molar-refractivity contribution in [1.29, 1.82) is 0 Å². The number of rotatable bonds is 7. The lowest BCUT2D eigenvalue weighted by atomic mass is 10.0. The molecular weight excluding hydrogens is 372 g/mol. The van der Waals surface area contributed by atoms with Crippen LogP contribution in [0.3, 0.4) is 0 Å². The molecule has 6 heteroatoms. The average Bonchev–Trinajstić information content (AvgIpc) is 2.74. The molecule has 1 unspecified atom stereocenters. The van der Waals surface area contributed by atoms with Gasteiger partial charge in [0.05, 0.1) is 41.1 Å². The molecule has 1 spiro atoms. The van der Waals surface area contributed by atoms with Gasteiger partial charge in [-0.25, -0.2) is 0 Å². The zero-order chi connectivity index (χ0) is 20.3. The molecule has 28 heavy (non-hydrogen) atoms. The van der Waals surface area contributed by atoms with Gasteiger partial charge in [-0.1, -0.05) is 68.5 Å². The fourth-order valence-electron chi connectivity index (χ4n) is 3.83. The van der Waals surface area contributed by atoms with Gasteiger partial charge in [0, 0.05) is 5.92 Å². The fraction of sp³-hybridized carbons (Fsp3) is 0.636. The van der Waals surface area contributed by atoms with E-state index in [4.69, 9.17) is 23.7 Å². The lowest BCUT2D eigenvalue weighted by molar-refractivity contribution is -0.544. The summed E-state index contributed by atoms with van der Waals surface area (Å²) < 4.78 is 29.7. The van der Waals surface area contributed by atoms with E-state index >= 15 is 0 Å². The van der Waals surface area contributed by atoms with Crippen LogP contribution >= 0.6 is 0 Å². The minimum atomic E-state index is -1.65. The standard InChI is InChI=1S/C22H34O5Si/c1-6-13-23-21(7-2)16-26-22(27-17-21)24-14-19(15-25-22)18(3)28(4,5)20-11-9-8-10-12-20/h6,8-12,18-19H,1,7,13-17H2,2-5H3. The second-order valence-electron chi connectivity index (χ2n) is 8.47. The van der Waals surface area contributed by atoms with Gasteiger partial charge in [-0.2, -0.15) is 0 Å². The molecule has 1 aromatic carbocycles. The second kappa shape index (κ2) is 8.77. The predicted octanol–water partition coefficient (Wildman–Crippen LogP) is 3.66. The number of ether oxygens (including phenoxy) is 5. The van der Waals surface area contributed by atoms with Crippen molar-refractivity contribution in [3.05, 3.63) is 43.0 Å². The van der Waals surface area contributed by atoms with Crippen molar-refractivity contribution in [2.45, 2.75) is 50.7 Å². The van der Waals surface area contributed by atoms with Gasteiger partial charge < -0.3 is 23.7 Å². The van der Waals surface area contributed by atoms with E-state index in [2.05, 4.69) is 63.9 Å². The Bertz CT molecular complexity index is 630. The molecule has 2 heterocycles.